The molecule has 6 nitrogen and oxygen atoms in total. The van der Waals surface area contributed by atoms with E-state index in [1.54, 1.807) is 18.3 Å². The lowest BCUT2D eigenvalue weighted by molar-refractivity contribution is 0.204. The molecular weight excluding hydrogens is 268 g/mol. The van der Waals surface area contributed by atoms with Gasteiger partial charge >= 0.3 is 0 Å². The zero-order chi connectivity index (χ0) is 14.7. The van der Waals surface area contributed by atoms with E-state index in [2.05, 4.69) is 15.2 Å². The summed E-state index contributed by atoms with van der Waals surface area (Å²) in [6.45, 7) is 0. The highest BCUT2D eigenvalue weighted by Crippen LogP contribution is 2.26. The zero-order valence-electron chi connectivity index (χ0n) is 11.4. The maximum atomic E-state index is 10.4. The number of aliphatic hydroxyl groups is 1. The van der Waals surface area contributed by atoms with Crippen molar-refractivity contribution in [1.82, 2.24) is 20.0 Å². The summed E-state index contributed by atoms with van der Waals surface area (Å²) in [6.07, 6.45) is 2.13. The number of aromatic nitrogens is 4. The molecule has 1 unspecified atom stereocenters. The second kappa shape index (κ2) is 5.72. The number of nitrogens with zero attached hydrogens (tertiary/aromatic N) is 4. The topological polar surface area (TPSA) is 73.1 Å². The highest BCUT2D eigenvalue weighted by molar-refractivity contribution is 5.33. The van der Waals surface area contributed by atoms with Crippen LogP contribution in [0.3, 0.4) is 0 Å². The van der Waals surface area contributed by atoms with E-state index in [1.165, 1.54) is 18.1 Å². The number of rotatable bonds is 4. The Balaban J connectivity index is 1.93. The molecule has 0 fully saturated rings. The molecule has 106 valence electrons. The summed E-state index contributed by atoms with van der Waals surface area (Å²) in [5.74, 6) is 0.513. The van der Waals surface area contributed by atoms with Crippen molar-refractivity contribution in [2.45, 2.75) is 6.10 Å². The highest BCUT2D eigenvalue weighted by Gasteiger charge is 2.20. The van der Waals surface area contributed by atoms with Gasteiger partial charge in [0, 0.05) is 6.20 Å². The molecule has 1 N–H and O–H groups in total. The molecule has 21 heavy (non-hydrogen) atoms. The first-order valence-electron chi connectivity index (χ1n) is 6.44. The van der Waals surface area contributed by atoms with Gasteiger partial charge in [0.1, 0.15) is 23.2 Å². The molecule has 0 amide bonds. The third kappa shape index (κ3) is 2.61. The van der Waals surface area contributed by atoms with Crippen LogP contribution in [0.2, 0.25) is 0 Å². The fraction of sp³-hybridized carbons (Fsp3) is 0.133. The van der Waals surface area contributed by atoms with Crippen molar-refractivity contribution in [3.05, 3.63) is 66.2 Å². The van der Waals surface area contributed by atoms with Crippen molar-refractivity contribution < 1.29 is 9.84 Å². The van der Waals surface area contributed by atoms with Gasteiger partial charge in [-0.05, 0) is 24.3 Å². The lowest BCUT2D eigenvalue weighted by Crippen LogP contribution is -2.06. The maximum absolute atomic E-state index is 10.4. The van der Waals surface area contributed by atoms with E-state index in [4.69, 9.17) is 4.74 Å². The Morgan fingerprint density at radius 1 is 1.14 bits per heavy atom. The van der Waals surface area contributed by atoms with Gasteiger partial charge in [-0.15, -0.1) is 0 Å². The Morgan fingerprint density at radius 2 is 1.95 bits per heavy atom. The van der Waals surface area contributed by atoms with Gasteiger partial charge in [-0.3, -0.25) is 4.98 Å². The average Bonchev–Trinajstić information content (AvgIpc) is 3.05. The first-order valence-corrected chi connectivity index (χ1v) is 6.44. The van der Waals surface area contributed by atoms with E-state index in [1.807, 2.05) is 30.3 Å². The molecule has 0 spiro atoms. The fourth-order valence-electron chi connectivity index (χ4n) is 2.01. The summed E-state index contributed by atoms with van der Waals surface area (Å²) in [4.78, 5) is 5.62. The second-order valence-corrected chi connectivity index (χ2v) is 4.39. The third-order valence-electron chi connectivity index (χ3n) is 3.06. The van der Waals surface area contributed by atoms with Crippen LogP contribution < -0.4 is 4.74 Å². The molecule has 0 aliphatic rings. The van der Waals surface area contributed by atoms with E-state index in [0.29, 0.717) is 17.1 Å². The Labute approximate surface area is 121 Å². The summed E-state index contributed by atoms with van der Waals surface area (Å²) in [5.41, 5.74) is 1.65. The number of pyridine rings is 1. The smallest absolute Gasteiger partial charge is 0.145 e. The quantitative estimate of drug-likeness (QED) is 0.789. The monoisotopic (exact) mass is 282 g/mol. The van der Waals surface area contributed by atoms with Crippen molar-refractivity contribution in [2.24, 2.45) is 0 Å². The largest absolute Gasteiger partial charge is 0.495 e. The van der Waals surface area contributed by atoms with Crippen molar-refractivity contribution in [3.63, 3.8) is 0 Å². The second-order valence-electron chi connectivity index (χ2n) is 4.39. The molecule has 2 aromatic heterocycles. The first kappa shape index (κ1) is 13.3. The van der Waals surface area contributed by atoms with Crippen molar-refractivity contribution in [3.8, 4) is 11.4 Å². The molecule has 1 aromatic carbocycles. The molecule has 2 heterocycles. The fourth-order valence-corrected chi connectivity index (χ4v) is 2.01. The van der Waals surface area contributed by atoms with Crippen LogP contribution >= 0.6 is 0 Å². The van der Waals surface area contributed by atoms with Gasteiger partial charge in [0.2, 0.25) is 0 Å². The van der Waals surface area contributed by atoms with Gasteiger partial charge in [-0.1, -0.05) is 18.2 Å². The van der Waals surface area contributed by atoms with E-state index in [9.17, 15) is 5.11 Å². The molecule has 6 heteroatoms. The predicted molar refractivity (Wildman–Crippen MR) is 76.2 cm³/mol. The molecule has 3 rings (SSSR count). The molecular formula is C15H14N4O2. The Morgan fingerprint density at radius 3 is 2.71 bits per heavy atom. The van der Waals surface area contributed by atoms with E-state index >= 15 is 0 Å². The van der Waals surface area contributed by atoms with Gasteiger partial charge in [0.05, 0.1) is 19.0 Å². The summed E-state index contributed by atoms with van der Waals surface area (Å²) in [7, 11) is 1.54. The number of ether oxygens (including phenoxy) is 1. The van der Waals surface area contributed by atoms with Crippen molar-refractivity contribution >= 4 is 0 Å². The SMILES string of the molecule is COc1cccnc1C(O)c1cnn(-c2ccccc2)n1. The van der Waals surface area contributed by atoms with Gasteiger partial charge in [-0.2, -0.15) is 15.0 Å². The number of benzene rings is 1. The number of hydrogen-bond donors (Lipinski definition) is 1. The van der Waals surface area contributed by atoms with Gasteiger partial charge < -0.3 is 9.84 Å². The molecule has 3 aromatic rings. The van der Waals surface area contributed by atoms with Crippen LogP contribution in [0.5, 0.6) is 5.75 Å². The lowest BCUT2D eigenvalue weighted by atomic mass is 10.1. The van der Waals surface area contributed by atoms with Gasteiger partial charge in [-0.25, -0.2) is 0 Å². The average molecular weight is 282 g/mol. The Hall–Kier alpha value is -2.73. The maximum Gasteiger partial charge on any atom is 0.145 e. The van der Waals surface area contributed by atoms with Gasteiger partial charge in [0.15, 0.2) is 0 Å². The number of hydrogen-bond acceptors (Lipinski definition) is 5. The summed E-state index contributed by atoms with van der Waals surface area (Å²) < 4.78 is 5.20. The van der Waals surface area contributed by atoms with E-state index in [-0.39, 0.29) is 0 Å². The van der Waals surface area contributed by atoms with Crippen LogP contribution in [0.25, 0.3) is 5.69 Å². The summed E-state index contributed by atoms with van der Waals surface area (Å²) >= 11 is 0. The zero-order valence-corrected chi connectivity index (χ0v) is 11.4. The van der Waals surface area contributed by atoms with Crippen LogP contribution in [0.1, 0.15) is 17.5 Å². The van der Waals surface area contributed by atoms with Crippen molar-refractivity contribution in [2.75, 3.05) is 7.11 Å². The van der Waals surface area contributed by atoms with Crippen LogP contribution in [-0.4, -0.2) is 32.2 Å². The highest BCUT2D eigenvalue weighted by atomic mass is 16.5. The Bertz CT molecular complexity index is 727. The molecule has 1 atom stereocenters. The minimum absolute atomic E-state index is 0.413. The van der Waals surface area contributed by atoms with Crippen LogP contribution in [0.15, 0.2) is 54.9 Å². The standard InChI is InChI=1S/C15H14N4O2/c1-21-13-8-5-9-16-14(13)15(20)12-10-17-19(18-12)11-6-3-2-4-7-11/h2-10,15,20H,1H3. The first-order chi connectivity index (χ1) is 10.3. The van der Waals surface area contributed by atoms with Crippen LogP contribution in [0, 0.1) is 0 Å². The number of aliphatic hydroxyl groups excluding tert-OH is 1. The van der Waals surface area contributed by atoms with E-state index in [0.717, 1.165) is 5.69 Å². The summed E-state index contributed by atoms with van der Waals surface area (Å²) in [5, 5.41) is 18.9. The number of para-hydroxylation sites is 1. The minimum atomic E-state index is -0.987. The normalized spacial score (nSPS) is 12.1. The third-order valence-corrected chi connectivity index (χ3v) is 3.06. The molecule has 0 saturated heterocycles. The van der Waals surface area contributed by atoms with E-state index < -0.39 is 6.10 Å². The predicted octanol–water partition coefficient (Wildman–Crippen LogP) is 1.75. The van der Waals surface area contributed by atoms with Crippen LogP contribution in [0.4, 0.5) is 0 Å². The molecule has 0 aliphatic heterocycles. The van der Waals surface area contributed by atoms with Crippen molar-refractivity contribution in [1.29, 1.82) is 0 Å². The molecule has 0 aliphatic carbocycles. The minimum Gasteiger partial charge on any atom is -0.495 e. The lowest BCUT2D eigenvalue weighted by Gasteiger charge is -2.10. The summed E-state index contributed by atoms with van der Waals surface area (Å²) in [6, 6.07) is 13.0. The molecule has 0 bridgehead atoms. The molecule has 0 saturated carbocycles. The van der Waals surface area contributed by atoms with Gasteiger partial charge in [0.25, 0.3) is 0 Å². The molecule has 0 radical (unpaired) electrons. The van der Waals surface area contributed by atoms with Crippen LogP contribution in [-0.2, 0) is 0 Å². The Kier molecular flexibility index (Phi) is 3.61. The number of methoxy groups -OCH3 is 1.